The summed E-state index contributed by atoms with van der Waals surface area (Å²) in [6.45, 7) is -0.0558. The van der Waals surface area contributed by atoms with Crippen LogP contribution in [0, 0.1) is 23.0 Å². The summed E-state index contributed by atoms with van der Waals surface area (Å²) in [4.78, 5) is 0. The van der Waals surface area contributed by atoms with Crippen LogP contribution in [0.25, 0.3) is 0 Å². The normalized spacial score (nSPS) is 12.2. The van der Waals surface area contributed by atoms with Gasteiger partial charge in [0.15, 0.2) is 0 Å². The molecule has 1 atom stereocenters. The van der Waals surface area contributed by atoms with Crippen molar-refractivity contribution in [2.75, 3.05) is 6.54 Å². The molecule has 0 amide bonds. The second-order valence-electron chi connectivity index (χ2n) is 2.81. The average Bonchev–Trinajstić information content (AvgIpc) is 2.16. The van der Waals surface area contributed by atoms with Crippen LogP contribution in [-0.2, 0) is 0 Å². The molecule has 0 radical (unpaired) electrons. The number of hydrogen-bond donors (Lipinski definition) is 2. The number of rotatable bonds is 2. The van der Waals surface area contributed by atoms with E-state index in [0.717, 1.165) is 12.1 Å². The molecule has 74 valence electrons. The van der Waals surface area contributed by atoms with E-state index < -0.39 is 17.7 Å². The van der Waals surface area contributed by atoms with Gasteiger partial charge in [0, 0.05) is 18.2 Å². The van der Waals surface area contributed by atoms with Crippen molar-refractivity contribution >= 4 is 0 Å². The largest absolute Gasteiger partial charge is 0.329 e. The zero-order valence-electron chi connectivity index (χ0n) is 7.30. The number of halogens is 2. The van der Waals surface area contributed by atoms with Gasteiger partial charge in [0.05, 0.1) is 11.6 Å². The van der Waals surface area contributed by atoms with Gasteiger partial charge in [-0.1, -0.05) is 0 Å². The predicted molar refractivity (Wildman–Crippen MR) is 47.1 cm³/mol. The van der Waals surface area contributed by atoms with Crippen molar-refractivity contribution in [3.8, 4) is 6.07 Å². The fourth-order valence-electron chi connectivity index (χ4n) is 1.12. The van der Waals surface area contributed by atoms with E-state index in [1.54, 1.807) is 6.07 Å². The summed E-state index contributed by atoms with van der Waals surface area (Å²) in [7, 11) is 0. The summed E-state index contributed by atoms with van der Waals surface area (Å²) in [5.74, 6) is -1.67. The lowest BCUT2D eigenvalue weighted by Gasteiger charge is -2.11. The van der Waals surface area contributed by atoms with Crippen molar-refractivity contribution in [2.45, 2.75) is 6.04 Å². The first-order valence-electron chi connectivity index (χ1n) is 3.94. The average molecular weight is 197 g/mol. The highest BCUT2D eigenvalue weighted by molar-refractivity contribution is 5.35. The maximum absolute atomic E-state index is 13.2. The quantitative estimate of drug-likeness (QED) is 0.736. The van der Waals surface area contributed by atoms with Gasteiger partial charge >= 0.3 is 0 Å². The van der Waals surface area contributed by atoms with E-state index in [9.17, 15) is 8.78 Å². The van der Waals surface area contributed by atoms with E-state index in [-0.39, 0.29) is 17.7 Å². The zero-order chi connectivity index (χ0) is 10.7. The summed E-state index contributed by atoms with van der Waals surface area (Å²) >= 11 is 0. The molecule has 1 rings (SSSR count). The molecule has 4 N–H and O–H groups in total. The monoisotopic (exact) mass is 197 g/mol. The molecule has 0 bridgehead atoms. The minimum absolute atomic E-state index is 0.0558. The van der Waals surface area contributed by atoms with E-state index >= 15 is 0 Å². The molecule has 0 unspecified atom stereocenters. The Morgan fingerprint density at radius 1 is 1.36 bits per heavy atom. The second-order valence-corrected chi connectivity index (χ2v) is 2.81. The smallest absolute Gasteiger partial charge is 0.132 e. The third kappa shape index (κ3) is 1.87. The molecule has 5 heteroatoms. The van der Waals surface area contributed by atoms with Gasteiger partial charge in [-0.3, -0.25) is 0 Å². The van der Waals surface area contributed by atoms with E-state index in [1.807, 2.05) is 0 Å². The van der Waals surface area contributed by atoms with Crippen LogP contribution >= 0.6 is 0 Å². The molecule has 0 aromatic heterocycles. The first-order valence-corrected chi connectivity index (χ1v) is 3.94. The van der Waals surface area contributed by atoms with Crippen LogP contribution < -0.4 is 11.5 Å². The number of nitrogens with two attached hydrogens (primary N) is 2. The van der Waals surface area contributed by atoms with Crippen LogP contribution in [0.3, 0.4) is 0 Å². The second kappa shape index (κ2) is 4.13. The van der Waals surface area contributed by atoms with Crippen LogP contribution in [0.2, 0.25) is 0 Å². The van der Waals surface area contributed by atoms with E-state index in [4.69, 9.17) is 16.7 Å². The molecule has 0 saturated heterocycles. The summed E-state index contributed by atoms with van der Waals surface area (Å²) in [5, 5.41) is 8.43. The zero-order valence-corrected chi connectivity index (χ0v) is 7.30. The Morgan fingerprint density at radius 3 is 2.21 bits per heavy atom. The van der Waals surface area contributed by atoms with Gasteiger partial charge in [-0.25, -0.2) is 8.78 Å². The van der Waals surface area contributed by atoms with Crippen molar-refractivity contribution in [1.29, 1.82) is 5.26 Å². The molecule has 0 saturated carbocycles. The number of hydrogen-bond acceptors (Lipinski definition) is 3. The van der Waals surface area contributed by atoms with E-state index in [0.29, 0.717) is 0 Å². The summed E-state index contributed by atoms with van der Waals surface area (Å²) < 4.78 is 26.4. The topological polar surface area (TPSA) is 75.8 Å². The molecular formula is C9H9F2N3. The van der Waals surface area contributed by atoms with Crippen LogP contribution in [0.5, 0.6) is 0 Å². The molecule has 0 aliphatic heterocycles. The van der Waals surface area contributed by atoms with Crippen molar-refractivity contribution in [1.82, 2.24) is 0 Å². The minimum Gasteiger partial charge on any atom is -0.329 e. The Morgan fingerprint density at radius 2 is 1.86 bits per heavy atom. The standard InChI is InChI=1S/C9H9F2N3/c10-6-1-5(3-12)2-7(11)9(6)8(14)4-13/h1-2,8H,4,13-14H2/t8-/m1/s1. The third-order valence-electron chi connectivity index (χ3n) is 1.83. The van der Waals surface area contributed by atoms with Crippen LogP contribution in [-0.4, -0.2) is 6.54 Å². The Bertz CT molecular complexity index is 361. The Kier molecular flexibility index (Phi) is 3.12. The molecule has 1 aromatic carbocycles. The number of nitriles is 1. The van der Waals surface area contributed by atoms with Gasteiger partial charge in [-0.05, 0) is 12.1 Å². The molecular weight excluding hydrogens is 188 g/mol. The molecule has 0 spiro atoms. The van der Waals surface area contributed by atoms with Crippen LogP contribution in [0.1, 0.15) is 17.2 Å². The maximum Gasteiger partial charge on any atom is 0.132 e. The summed E-state index contributed by atoms with van der Waals surface area (Å²) in [6, 6.07) is 2.63. The fraction of sp³-hybridized carbons (Fsp3) is 0.222. The Balaban J connectivity index is 3.26. The fourth-order valence-corrected chi connectivity index (χ4v) is 1.12. The van der Waals surface area contributed by atoms with Gasteiger partial charge in [-0.15, -0.1) is 0 Å². The van der Waals surface area contributed by atoms with Crippen molar-refractivity contribution < 1.29 is 8.78 Å². The Labute approximate surface area is 79.9 Å². The van der Waals surface area contributed by atoms with Crippen molar-refractivity contribution in [3.63, 3.8) is 0 Å². The highest BCUT2D eigenvalue weighted by Crippen LogP contribution is 2.19. The van der Waals surface area contributed by atoms with Crippen LogP contribution in [0.15, 0.2) is 12.1 Å². The highest BCUT2D eigenvalue weighted by atomic mass is 19.1. The lowest BCUT2D eigenvalue weighted by molar-refractivity contribution is 0.527. The van der Waals surface area contributed by atoms with Gasteiger partial charge in [-0.2, -0.15) is 5.26 Å². The lowest BCUT2D eigenvalue weighted by atomic mass is 10.0. The third-order valence-corrected chi connectivity index (χ3v) is 1.83. The maximum atomic E-state index is 13.2. The molecule has 14 heavy (non-hydrogen) atoms. The molecule has 3 nitrogen and oxygen atoms in total. The minimum atomic E-state index is -0.886. The summed E-state index contributed by atoms with van der Waals surface area (Å²) in [5.41, 5.74) is 10.2. The van der Waals surface area contributed by atoms with Gasteiger partial charge in [0.25, 0.3) is 0 Å². The molecule has 0 aliphatic carbocycles. The summed E-state index contributed by atoms with van der Waals surface area (Å²) in [6.07, 6.45) is 0. The Hall–Kier alpha value is -1.51. The van der Waals surface area contributed by atoms with Crippen molar-refractivity contribution in [3.05, 3.63) is 34.9 Å². The molecule has 1 aromatic rings. The van der Waals surface area contributed by atoms with Gasteiger partial charge in [0.1, 0.15) is 11.6 Å². The lowest BCUT2D eigenvalue weighted by Crippen LogP contribution is -2.23. The highest BCUT2D eigenvalue weighted by Gasteiger charge is 2.16. The van der Waals surface area contributed by atoms with Crippen molar-refractivity contribution in [2.24, 2.45) is 11.5 Å². The van der Waals surface area contributed by atoms with Gasteiger partial charge < -0.3 is 11.5 Å². The molecule has 0 heterocycles. The predicted octanol–water partition coefficient (Wildman–Crippen LogP) is 0.795. The van der Waals surface area contributed by atoms with E-state index in [2.05, 4.69) is 0 Å². The first kappa shape index (κ1) is 10.6. The molecule has 0 fully saturated rings. The first-order chi connectivity index (χ1) is 6.60. The molecule has 0 aliphatic rings. The number of benzene rings is 1. The van der Waals surface area contributed by atoms with E-state index in [1.165, 1.54) is 0 Å². The SMILES string of the molecule is N#Cc1cc(F)c([C@H](N)CN)c(F)c1. The van der Waals surface area contributed by atoms with Gasteiger partial charge in [0.2, 0.25) is 0 Å². The van der Waals surface area contributed by atoms with Crippen LogP contribution in [0.4, 0.5) is 8.78 Å². The number of nitrogens with zero attached hydrogens (tertiary/aromatic N) is 1.